The summed E-state index contributed by atoms with van der Waals surface area (Å²) in [5.41, 5.74) is 4.58. The Morgan fingerprint density at radius 3 is 2.54 bits per heavy atom. The van der Waals surface area contributed by atoms with Crippen molar-refractivity contribution in [3.05, 3.63) is 95.8 Å². The molecule has 4 heteroatoms. The van der Waals surface area contributed by atoms with Gasteiger partial charge < -0.3 is 10.2 Å². The normalized spacial score (nSPS) is 16.0. The SMILES string of the molecule is O=C(Nc1ccncc1)N1CCc2ccccc2C1Cc1ccccc1. The van der Waals surface area contributed by atoms with E-state index in [0.717, 1.165) is 18.5 Å². The molecule has 1 aromatic heterocycles. The fraction of sp³-hybridized carbons (Fsp3) is 0.182. The minimum atomic E-state index is -0.0633. The number of nitrogens with one attached hydrogen (secondary N) is 1. The summed E-state index contributed by atoms with van der Waals surface area (Å²) in [6, 6.07) is 22.4. The zero-order valence-corrected chi connectivity index (χ0v) is 14.5. The van der Waals surface area contributed by atoms with Crippen LogP contribution in [-0.2, 0) is 12.8 Å². The van der Waals surface area contributed by atoms with Gasteiger partial charge in [0.1, 0.15) is 0 Å². The maximum atomic E-state index is 13.0. The lowest BCUT2D eigenvalue weighted by Crippen LogP contribution is -2.43. The number of carbonyl (C=O) groups excluding carboxylic acids is 1. The van der Waals surface area contributed by atoms with Crippen LogP contribution < -0.4 is 5.32 Å². The molecule has 130 valence electrons. The molecule has 0 saturated heterocycles. The average molecular weight is 343 g/mol. The quantitative estimate of drug-likeness (QED) is 0.763. The van der Waals surface area contributed by atoms with Crippen molar-refractivity contribution in [2.75, 3.05) is 11.9 Å². The molecule has 0 spiro atoms. The van der Waals surface area contributed by atoms with Gasteiger partial charge >= 0.3 is 6.03 Å². The standard InChI is InChI=1S/C22H21N3O/c26-22(24-19-10-13-23-14-11-19)25-15-12-18-8-4-5-9-20(18)21(25)16-17-6-2-1-3-7-17/h1-11,13-14,21H,12,15-16H2,(H,23,24,26). The Morgan fingerprint density at radius 2 is 1.73 bits per heavy atom. The second-order valence-electron chi connectivity index (χ2n) is 6.51. The molecule has 4 rings (SSSR count). The lowest BCUT2D eigenvalue weighted by atomic mass is 9.89. The second-order valence-corrected chi connectivity index (χ2v) is 6.51. The maximum Gasteiger partial charge on any atom is 0.322 e. The largest absolute Gasteiger partial charge is 0.322 e. The Morgan fingerprint density at radius 1 is 1.00 bits per heavy atom. The number of benzene rings is 2. The minimum absolute atomic E-state index is 0.0317. The Balaban J connectivity index is 1.63. The second kappa shape index (κ2) is 7.40. The molecule has 0 bridgehead atoms. The van der Waals surface area contributed by atoms with E-state index < -0.39 is 0 Å². The molecule has 2 amide bonds. The van der Waals surface area contributed by atoms with Crippen molar-refractivity contribution in [1.29, 1.82) is 0 Å². The van der Waals surface area contributed by atoms with E-state index in [1.54, 1.807) is 12.4 Å². The minimum Gasteiger partial charge on any atom is -0.317 e. The summed E-state index contributed by atoms with van der Waals surface area (Å²) in [4.78, 5) is 18.9. The third kappa shape index (κ3) is 3.45. The summed E-state index contributed by atoms with van der Waals surface area (Å²) in [5.74, 6) is 0. The Hall–Kier alpha value is -3.14. The van der Waals surface area contributed by atoms with E-state index in [1.165, 1.54) is 16.7 Å². The topological polar surface area (TPSA) is 45.2 Å². The summed E-state index contributed by atoms with van der Waals surface area (Å²) in [6.45, 7) is 0.714. The molecule has 1 aliphatic rings. The predicted octanol–water partition coefficient (Wildman–Crippen LogP) is 4.46. The molecule has 2 aromatic carbocycles. The molecule has 1 aliphatic heterocycles. The molecule has 1 N–H and O–H groups in total. The van der Waals surface area contributed by atoms with Crippen LogP contribution in [0.4, 0.5) is 10.5 Å². The number of fused-ring (bicyclic) bond motifs is 1. The molecule has 4 nitrogen and oxygen atoms in total. The monoisotopic (exact) mass is 343 g/mol. The number of nitrogens with zero attached hydrogens (tertiary/aromatic N) is 2. The number of carbonyl (C=O) groups is 1. The van der Waals surface area contributed by atoms with Crippen LogP contribution in [0, 0.1) is 0 Å². The molecule has 2 heterocycles. The van der Waals surface area contributed by atoms with Crippen molar-refractivity contribution < 1.29 is 4.79 Å². The maximum absolute atomic E-state index is 13.0. The van der Waals surface area contributed by atoms with Crippen molar-refractivity contribution in [3.63, 3.8) is 0 Å². The molecule has 3 aromatic rings. The lowest BCUT2D eigenvalue weighted by molar-refractivity contribution is 0.182. The summed E-state index contributed by atoms with van der Waals surface area (Å²) >= 11 is 0. The van der Waals surface area contributed by atoms with Gasteiger partial charge in [0, 0.05) is 24.6 Å². The van der Waals surface area contributed by atoms with Gasteiger partial charge in [-0.05, 0) is 41.7 Å². The Kier molecular flexibility index (Phi) is 4.65. The molecule has 0 fully saturated rings. The van der Waals surface area contributed by atoms with Crippen LogP contribution in [0.1, 0.15) is 22.7 Å². The van der Waals surface area contributed by atoms with E-state index in [0.29, 0.717) is 6.54 Å². The summed E-state index contributed by atoms with van der Waals surface area (Å²) in [6.07, 6.45) is 5.05. The summed E-state index contributed by atoms with van der Waals surface area (Å²) in [7, 11) is 0. The number of rotatable bonds is 3. The first-order chi connectivity index (χ1) is 12.8. The summed E-state index contributed by atoms with van der Waals surface area (Å²) in [5, 5.41) is 3.01. The highest BCUT2D eigenvalue weighted by Gasteiger charge is 2.30. The number of amides is 2. The van der Waals surface area contributed by atoms with Gasteiger partial charge in [-0.25, -0.2) is 4.79 Å². The Bertz CT molecular complexity index is 880. The van der Waals surface area contributed by atoms with E-state index in [-0.39, 0.29) is 12.1 Å². The number of aromatic nitrogens is 1. The highest BCUT2D eigenvalue weighted by molar-refractivity contribution is 5.89. The first-order valence-electron chi connectivity index (χ1n) is 8.90. The molecular weight excluding hydrogens is 322 g/mol. The van der Waals surface area contributed by atoms with Crippen LogP contribution >= 0.6 is 0 Å². The van der Waals surface area contributed by atoms with Crippen molar-refractivity contribution in [3.8, 4) is 0 Å². The van der Waals surface area contributed by atoms with Crippen molar-refractivity contribution in [2.24, 2.45) is 0 Å². The zero-order valence-electron chi connectivity index (χ0n) is 14.5. The van der Waals surface area contributed by atoms with Crippen LogP contribution in [0.5, 0.6) is 0 Å². The van der Waals surface area contributed by atoms with Gasteiger partial charge in [0.25, 0.3) is 0 Å². The van der Waals surface area contributed by atoms with E-state index in [2.05, 4.69) is 46.7 Å². The number of hydrogen-bond acceptors (Lipinski definition) is 2. The van der Waals surface area contributed by atoms with Gasteiger partial charge in [-0.15, -0.1) is 0 Å². The van der Waals surface area contributed by atoms with Gasteiger partial charge in [-0.1, -0.05) is 54.6 Å². The van der Waals surface area contributed by atoms with Gasteiger partial charge in [-0.3, -0.25) is 4.98 Å². The molecular formula is C22H21N3O. The first kappa shape index (κ1) is 16.3. The number of urea groups is 1. The molecule has 26 heavy (non-hydrogen) atoms. The number of hydrogen-bond donors (Lipinski definition) is 1. The molecule has 0 saturated carbocycles. The highest BCUT2D eigenvalue weighted by Crippen LogP contribution is 2.33. The van der Waals surface area contributed by atoms with Crippen LogP contribution in [0.15, 0.2) is 79.1 Å². The lowest BCUT2D eigenvalue weighted by Gasteiger charge is -2.37. The van der Waals surface area contributed by atoms with Gasteiger partial charge in [0.2, 0.25) is 0 Å². The molecule has 1 unspecified atom stereocenters. The first-order valence-corrected chi connectivity index (χ1v) is 8.90. The van der Waals surface area contributed by atoms with Gasteiger partial charge in [0.05, 0.1) is 6.04 Å². The molecule has 1 atom stereocenters. The van der Waals surface area contributed by atoms with Gasteiger partial charge in [0.15, 0.2) is 0 Å². The third-order valence-electron chi connectivity index (χ3n) is 4.88. The van der Waals surface area contributed by atoms with Crippen LogP contribution in [-0.4, -0.2) is 22.5 Å². The molecule has 0 radical (unpaired) electrons. The van der Waals surface area contributed by atoms with Crippen LogP contribution in [0.3, 0.4) is 0 Å². The number of pyridine rings is 1. The van der Waals surface area contributed by atoms with Crippen molar-refractivity contribution >= 4 is 11.7 Å². The zero-order chi connectivity index (χ0) is 17.8. The summed E-state index contributed by atoms with van der Waals surface area (Å²) < 4.78 is 0. The van der Waals surface area contributed by atoms with E-state index in [9.17, 15) is 4.79 Å². The number of anilines is 1. The van der Waals surface area contributed by atoms with Crippen LogP contribution in [0.2, 0.25) is 0 Å². The fourth-order valence-electron chi connectivity index (χ4n) is 3.58. The highest BCUT2D eigenvalue weighted by atomic mass is 16.2. The molecule has 0 aliphatic carbocycles. The average Bonchev–Trinajstić information content (AvgIpc) is 2.70. The van der Waals surface area contributed by atoms with Crippen molar-refractivity contribution in [1.82, 2.24) is 9.88 Å². The Labute approximate surface area is 153 Å². The van der Waals surface area contributed by atoms with Crippen LogP contribution in [0.25, 0.3) is 0 Å². The van der Waals surface area contributed by atoms with Crippen molar-refractivity contribution in [2.45, 2.75) is 18.9 Å². The third-order valence-corrected chi connectivity index (χ3v) is 4.88. The van der Waals surface area contributed by atoms with Gasteiger partial charge in [-0.2, -0.15) is 0 Å². The fourth-order valence-corrected chi connectivity index (χ4v) is 3.58. The van der Waals surface area contributed by atoms with E-state index in [1.807, 2.05) is 35.2 Å². The van der Waals surface area contributed by atoms with E-state index in [4.69, 9.17) is 0 Å². The smallest absolute Gasteiger partial charge is 0.317 e. The predicted molar refractivity (Wildman–Crippen MR) is 103 cm³/mol. The van der Waals surface area contributed by atoms with E-state index >= 15 is 0 Å².